The first kappa shape index (κ1) is 19.6. The van der Waals surface area contributed by atoms with Gasteiger partial charge >= 0.3 is 8.56 Å². The van der Waals surface area contributed by atoms with Crippen molar-refractivity contribution in [2.24, 2.45) is 0 Å². The van der Waals surface area contributed by atoms with Crippen molar-refractivity contribution in [3.8, 4) is 0 Å². The topological polar surface area (TPSA) is 47.6 Å². The average molecular weight is 303 g/mol. The molecule has 1 aliphatic rings. The van der Waals surface area contributed by atoms with E-state index in [1.165, 1.54) is 25.8 Å². The van der Waals surface area contributed by atoms with Crippen LogP contribution in [-0.2, 0) is 18.7 Å². The highest BCUT2D eigenvalue weighted by molar-refractivity contribution is 6.70. The van der Waals surface area contributed by atoms with E-state index in [0.29, 0.717) is 0 Å². The highest BCUT2D eigenvalue weighted by Crippen LogP contribution is 2.42. The quantitative estimate of drug-likeness (QED) is 0.570. The molecule has 1 heterocycles. The number of hydrogen-bond acceptors (Lipinski definition) is 3. The number of rotatable bonds is 5. The fourth-order valence-corrected chi connectivity index (χ4v) is 6.91. The molecule has 5 heteroatoms. The van der Waals surface area contributed by atoms with E-state index in [4.69, 9.17) is 13.6 Å². The molecular weight excluding hydrogens is 272 g/mol. The molecule has 0 aromatic carbocycles. The molecular formula is C15H31O4Si. The first-order valence-corrected chi connectivity index (χ1v) is 9.45. The van der Waals surface area contributed by atoms with E-state index < -0.39 is 8.56 Å². The monoisotopic (exact) mass is 303 g/mol. The average Bonchev–Trinajstić information content (AvgIpc) is 2.48. The van der Waals surface area contributed by atoms with Crippen LogP contribution < -0.4 is 0 Å². The van der Waals surface area contributed by atoms with E-state index in [1.54, 1.807) is 28.3 Å². The normalized spacial score (nSPS) is 25.8. The van der Waals surface area contributed by atoms with Crippen LogP contribution in [-0.4, -0.2) is 35.1 Å². The van der Waals surface area contributed by atoms with Crippen molar-refractivity contribution in [1.82, 2.24) is 0 Å². The van der Waals surface area contributed by atoms with Gasteiger partial charge in [-0.3, -0.25) is 5.11 Å². The Morgan fingerprint density at radius 1 is 1.25 bits per heavy atom. The van der Waals surface area contributed by atoms with E-state index in [2.05, 4.69) is 6.92 Å². The Bertz CT molecular complexity index is 282. The van der Waals surface area contributed by atoms with Gasteiger partial charge in [0, 0.05) is 21.3 Å². The Morgan fingerprint density at radius 2 is 1.80 bits per heavy atom. The van der Waals surface area contributed by atoms with Gasteiger partial charge in [0.05, 0.1) is 0 Å². The van der Waals surface area contributed by atoms with Crippen molar-refractivity contribution in [2.75, 3.05) is 21.3 Å². The van der Waals surface area contributed by atoms with Crippen LogP contribution in [0.3, 0.4) is 0 Å². The summed E-state index contributed by atoms with van der Waals surface area (Å²) in [5.74, 6) is 0.130. The van der Waals surface area contributed by atoms with Crippen molar-refractivity contribution in [1.29, 1.82) is 0 Å². The summed E-state index contributed by atoms with van der Waals surface area (Å²) in [6.45, 7) is 5.45. The minimum Gasteiger partial charge on any atom is -0.396 e. The minimum absolute atomic E-state index is 0.122. The molecule has 1 aliphatic heterocycles. The molecule has 0 bridgehead atoms. The van der Waals surface area contributed by atoms with Gasteiger partial charge in [-0.05, 0) is 38.8 Å². The van der Waals surface area contributed by atoms with Crippen molar-refractivity contribution in [3.63, 3.8) is 0 Å². The summed E-state index contributed by atoms with van der Waals surface area (Å²) in [6.07, 6.45) is 7.23. The Balaban J connectivity index is 0.000000621. The summed E-state index contributed by atoms with van der Waals surface area (Å²) in [4.78, 5) is 0. The molecule has 0 amide bonds. The van der Waals surface area contributed by atoms with E-state index in [9.17, 15) is 5.11 Å². The minimum atomic E-state index is -2.15. The molecule has 1 saturated heterocycles. The van der Waals surface area contributed by atoms with Crippen molar-refractivity contribution >= 4 is 8.56 Å². The van der Waals surface area contributed by atoms with Crippen LogP contribution in [0.1, 0.15) is 52.9 Å². The van der Waals surface area contributed by atoms with Crippen LogP contribution in [0.25, 0.3) is 0 Å². The smallest absolute Gasteiger partial charge is 0.370 e. The molecule has 4 nitrogen and oxygen atoms in total. The third kappa shape index (κ3) is 4.58. The maximum Gasteiger partial charge on any atom is 0.370 e. The molecule has 1 unspecified atom stereocenters. The number of hydrogen-bond donors (Lipinski definition) is 0. The second-order valence-electron chi connectivity index (χ2n) is 5.22. The van der Waals surface area contributed by atoms with Gasteiger partial charge in [0.15, 0.2) is 0 Å². The maximum absolute atomic E-state index is 9.76. The molecule has 1 radical (unpaired) electrons. The van der Waals surface area contributed by atoms with Gasteiger partial charge in [0.1, 0.15) is 11.0 Å². The lowest BCUT2D eigenvalue weighted by molar-refractivity contribution is -0.0149. The molecule has 119 valence electrons. The Labute approximate surface area is 125 Å². The number of allylic oxidation sites excluding steroid dienone is 2. The maximum atomic E-state index is 9.76. The van der Waals surface area contributed by atoms with Gasteiger partial charge < -0.3 is 13.6 Å². The first-order valence-electron chi connectivity index (χ1n) is 7.43. The van der Waals surface area contributed by atoms with Crippen LogP contribution in [0, 0.1) is 0 Å². The highest BCUT2D eigenvalue weighted by Gasteiger charge is 2.58. The summed E-state index contributed by atoms with van der Waals surface area (Å²) in [5, 5.41) is 9.64. The highest BCUT2D eigenvalue weighted by atomic mass is 28.4. The van der Waals surface area contributed by atoms with Gasteiger partial charge in [-0.25, -0.2) is 0 Å². The zero-order valence-corrected chi connectivity index (χ0v) is 15.0. The van der Waals surface area contributed by atoms with Crippen molar-refractivity contribution < 1.29 is 18.7 Å². The summed E-state index contributed by atoms with van der Waals surface area (Å²) in [5.41, 5.74) is 0. The Kier molecular flexibility index (Phi) is 9.38. The van der Waals surface area contributed by atoms with Crippen LogP contribution in [0.4, 0.5) is 0 Å². The van der Waals surface area contributed by atoms with Crippen LogP contribution in [0.2, 0.25) is 6.04 Å². The van der Waals surface area contributed by atoms with Gasteiger partial charge in [0.2, 0.25) is 0 Å². The molecule has 0 N–H and O–H groups in total. The fraction of sp³-hybridized carbons (Fsp3) is 0.867. The molecule has 0 saturated carbocycles. The van der Waals surface area contributed by atoms with Gasteiger partial charge in [-0.1, -0.05) is 26.2 Å². The SMILES string of the molecule is CC=C(C)[O].CCCC1(OC)CCCC[Si]1(OC)OC. The first-order chi connectivity index (χ1) is 9.47. The second-order valence-corrected chi connectivity index (χ2v) is 8.95. The number of methoxy groups -OCH3 is 1. The molecule has 0 aromatic heterocycles. The zero-order valence-electron chi connectivity index (χ0n) is 14.0. The van der Waals surface area contributed by atoms with E-state index in [-0.39, 0.29) is 11.0 Å². The molecule has 1 fully saturated rings. The van der Waals surface area contributed by atoms with Crippen LogP contribution >= 0.6 is 0 Å². The zero-order chi connectivity index (χ0) is 15.6. The summed E-state index contributed by atoms with van der Waals surface area (Å²) < 4.78 is 17.4. The summed E-state index contributed by atoms with van der Waals surface area (Å²) >= 11 is 0. The molecule has 0 aliphatic carbocycles. The second kappa shape index (κ2) is 9.55. The largest absolute Gasteiger partial charge is 0.396 e. The van der Waals surface area contributed by atoms with Gasteiger partial charge in [-0.15, -0.1) is 0 Å². The molecule has 0 spiro atoms. The van der Waals surface area contributed by atoms with E-state index >= 15 is 0 Å². The third-order valence-corrected chi connectivity index (χ3v) is 8.56. The van der Waals surface area contributed by atoms with Crippen molar-refractivity contribution in [3.05, 3.63) is 11.8 Å². The Hall–Kier alpha value is -0.363. The van der Waals surface area contributed by atoms with E-state index in [1.807, 2.05) is 0 Å². The third-order valence-electron chi connectivity index (χ3n) is 4.14. The lowest BCUT2D eigenvalue weighted by atomic mass is 10.1. The lowest BCUT2D eigenvalue weighted by Gasteiger charge is -2.47. The van der Waals surface area contributed by atoms with Crippen molar-refractivity contribution in [2.45, 2.75) is 64.1 Å². The molecule has 1 atom stereocenters. The molecule has 20 heavy (non-hydrogen) atoms. The number of ether oxygens (including phenoxy) is 1. The molecule has 0 aromatic rings. The predicted molar refractivity (Wildman–Crippen MR) is 83.2 cm³/mol. The van der Waals surface area contributed by atoms with E-state index in [0.717, 1.165) is 25.3 Å². The van der Waals surface area contributed by atoms with Crippen LogP contribution in [0.15, 0.2) is 11.8 Å². The predicted octanol–water partition coefficient (Wildman–Crippen LogP) is 3.97. The van der Waals surface area contributed by atoms with Gasteiger partial charge in [-0.2, -0.15) is 0 Å². The standard InChI is InChI=1S/C11H24O3Si.C4H7O/c1-5-8-11(12-2)9-6-7-10-15(11,13-3)14-4;1-3-4(2)5/h5-10H2,1-4H3;3H,1-2H3. The fourth-order valence-electron chi connectivity index (χ4n) is 2.92. The van der Waals surface area contributed by atoms with Gasteiger partial charge in [0.25, 0.3) is 0 Å². The lowest BCUT2D eigenvalue weighted by Crippen LogP contribution is -2.64. The Morgan fingerprint density at radius 3 is 2.15 bits per heavy atom. The van der Waals surface area contributed by atoms with Crippen LogP contribution in [0.5, 0.6) is 0 Å². The summed E-state index contributed by atoms with van der Waals surface area (Å²) in [7, 11) is 3.22. The summed E-state index contributed by atoms with van der Waals surface area (Å²) in [6, 6.07) is 1.06. The molecule has 1 rings (SSSR count).